The van der Waals surface area contributed by atoms with Gasteiger partial charge in [0.2, 0.25) is 0 Å². The molecule has 2 aromatic heterocycles. The van der Waals surface area contributed by atoms with Gasteiger partial charge in [-0.2, -0.15) is 0 Å². The molecule has 5 heteroatoms. The van der Waals surface area contributed by atoms with E-state index < -0.39 is 0 Å². The molecule has 0 atom stereocenters. The summed E-state index contributed by atoms with van der Waals surface area (Å²) >= 11 is 3.31. The Kier molecular flexibility index (Phi) is 5.10. The van der Waals surface area contributed by atoms with Crippen molar-refractivity contribution in [1.82, 2.24) is 10.3 Å². The van der Waals surface area contributed by atoms with Crippen LogP contribution in [0.3, 0.4) is 0 Å². The molecule has 0 unspecified atom stereocenters. The number of pyridine rings is 1. The van der Waals surface area contributed by atoms with E-state index in [1.54, 1.807) is 29.3 Å². The van der Waals surface area contributed by atoms with Crippen LogP contribution in [-0.2, 0) is 6.54 Å². The van der Waals surface area contributed by atoms with Crippen molar-refractivity contribution in [2.45, 2.75) is 11.4 Å². The molecule has 0 saturated heterocycles. The maximum atomic E-state index is 12.3. The summed E-state index contributed by atoms with van der Waals surface area (Å²) in [6, 6.07) is 15.6. The molecule has 3 rings (SSSR count). The Balaban J connectivity index is 1.72. The number of amides is 1. The van der Waals surface area contributed by atoms with Gasteiger partial charge in [0.05, 0.1) is 10.6 Å². The summed E-state index contributed by atoms with van der Waals surface area (Å²) in [5.74, 6) is -0.0707. The van der Waals surface area contributed by atoms with Crippen LogP contribution in [0.5, 0.6) is 0 Å². The normalized spacial score (nSPS) is 10.5. The van der Waals surface area contributed by atoms with Crippen LogP contribution in [-0.4, -0.2) is 17.1 Å². The Bertz CT molecular complexity index is 783. The van der Waals surface area contributed by atoms with E-state index in [4.69, 9.17) is 0 Å². The molecule has 2 heterocycles. The fourth-order valence-electron chi connectivity index (χ4n) is 2.24. The summed E-state index contributed by atoms with van der Waals surface area (Å²) < 4.78 is 0. The zero-order valence-electron chi connectivity index (χ0n) is 12.7. The molecule has 1 amide bonds. The van der Waals surface area contributed by atoms with Gasteiger partial charge in [0.15, 0.2) is 0 Å². The smallest absolute Gasteiger partial charge is 0.251 e. The number of nitrogens with zero attached hydrogens (tertiary/aromatic N) is 1. The minimum Gasteiger partial charge on any atom is -0.348 e. The average molecular weight is 340 g/mol. The van der Waals surface area contributed by atoms with Crippen molar-refractivity contribution >= 4 is 29.0 Å². The molecule has 0 saturated carbocycles. The summed E-state index contributed by atoms with van der Waals surface area (Å²) in [6.07, 6.45) is 3.80. The molecule has 3 aromatic rings. The Morgan fingerprint density at radius 3 is 2.70 bits per heavy atom. The third-order valence-corrected chi connectivity index (χ3v) is 5.06. The fraction of sp³-hybridized carbons (Fsp3) is 0.111. The summed E-state index contributed by atoms with van der Waals surface area (Å²) in [5, 5.41) is 5.00. The molecule has 0 spiro atoms. The quantitative estimate of drug-likeness (QED) is 0.697. The third kappa shape index (κ3) is 3.81. The average Bonchev–Trinajstić information content (AvgIpc) is 3.14. The lowest BCUT2D eigenvalue weighted by molar-refractivity contribution is 0.0951. The van der Waals surface area contributed by atoms with E-state index in [1.807, 2.05) is 60.2 Å². The van der Waals surface area contributed by atoms with Crippen LogP contribution < -0.4 is 5.32 Å². The first-order valence-corrected chi connectivity index (χ1v) is 9.28. The number of nitrogens with one attached hydrogen (secondary N) is 1. The Hall–Kier alpha value is -2.11. The molecule has 0 aliphatic carbocycles. The lowest BCUT2D eigenvalue weighted by Crippen LogP contribution is -2.23. The molecule has 1 N–H and O–H groups in total. The summed E-state index contributed by atoms with van der Waals surface area (Å²) in [6.45, 7) is 0.462. The van der Waals surface area contributed by atoms with Gasteiger partial charge in [-0.05, 0) is 53.6 Å². The van der Waals surface area contributed by atoms with Gasteiger partial charge >= 0.3 is 0 Å². The largest absolute Gasteiger partial charge is 0.348 e. The molecule has 0 bridgehead atoms. The lowest BCUT2D eigenvalue weighted by Gasteiger charge is -2.09. The Morgan fingerprint density at radius 2 is 2.00 bits per heavy atom. The van der Waals surface area contributed by atoms with Crippen LogP contribution in [0.1, 0.15) is 15.9 Å². The topological polar surface area (TPSA) is 42.0 Å². The van der Waals surface area contributed by atoms with Gasteiger partial charge in [-0.25, -0.2) is 0 Å². The van der Waals surface area contributed by atoms with Crippen LogP contribution in [0.2, 0.25) is 0 Å². The highest BCUT2D eigenvalue weighted by Gasteiger charge is 2.10. The first-order valence-electron chi connectivity index (χ1n) is 7.18. The van der Waals surface area contributed by atoms with Crippen LogP contribution in [0.25, 0.3) is 10.6 Å². The maximum Gasteiger partial charge on any atom is 0.251 e. The van der Waals surface area contributed by atoms with Crippen molar-refractivity contribution in [3.05, 3.63) is 71.2 Å². The number of rotatable bonds is 5. The molecule has 0 fully saturated rings. The van der Waals surface area contributed by atoms with Gasteiger partial charge in [-0.3, -0.25) is 9.78 Å². The van der Waals surface area contributed by atoms with E-state index in [0.29, 0.717) is 12.1 Å². The Morgan fingerprint density at radius 1 is 1.17 bits per heavy atom. The van der Waals surface area contributed by atoms with E-state index in [2.05, 4.69) is 10.3 Å². The van der Waals surface area contributed by atoms with Gasteiger partial charge in [0, 0.05) is 23.2 Å². The van der Waals surface area contributed by atoms with Crippen molar-refractivity contribution in [3.63, 3.8) is 0 Å². The summed E-state index contributed by atoms with van der Waals surface area (Å²) in [5.41, 5.74) is 2.62. The second-order valence-electron chi connectivity index (χ2n) is 4.90. The SMILES string of the molecule is CSc1ccc(C(=O)NCc2cccnc2-c2cccs2)cc1. The number of benzene rings is 1. The van der Waals surface area contributed by atoms with Crippen molar-refractivity contribution in [1.29, 1.82) is 0 Å². The van der Waals surface area contributed by atoms with Crippen molar-refractivity contribution in [2.75, 3.05) is 6.26 Å². The van der Waals surface area contributed by atoms with Gasteiger partial charge in [0.25, 0.3) is 5.91 Å². The molecular weight excluding hydrogens is 324 g/mol. The van der Waals surface area contributed by atoms with Gasteiger partial charge in [-0.15, -0.1) is 23.1 Å². The minimum absolute atomic E-state index is 0.0707. The molecular formula is C18H16N2OS2. The maximum absolute atomic E-state index is 12.3. The molecule has 0 aliphatic rings. The van der Waals surface area contributed by atoms with Gasteiger partial charge in [-0.1, -0.05) is 12.1 Å². The van der Waals surface area contributed by atoms with Crippen LogP contribution >= 0.6 is 23.1 Å². The first kappa shape index (κ1) is 15.8. The first-order chi connectivity index (χ1) is 11.3. The van der Waals surface area contributed by atoms with Crippen LogP contribution in [0.15, 0.2) is 65.0 Å². The van der Waals surface area contributed by atoms with E-state index in [-0.39, 0.29) is 5.91 Å². The highest BCUT2D eigenvalue weighted by Crippen LogP contribution is 2.25. The Labute approximate surface area is 143 Å². The predicted octanol–water partition coefficient (Wildman–Crippen LogP) is 4.46. The zero-order chi connectivity index (χ0) is 16.1. The molecule has 1 aromatic carbocycles. The van der Waals surface area contributed by atoms with E-state index in [9.17, 15) is 4.79 Å². The molecule has 0 aliphatic heterocycles. The fourth-order valence-corrected chi connectivity index (χ4v) is 3.40. The van der Waals surface area contributed by atoms with E-state index in [0.717, 1.165) is 21.0 Å². The van der Waals surface area contributed by atoms with E-state index in [1.165, 1.54) is 0 Å². The molecule has 23 heavy (non-hydrogen) atoms. The van der Waals surface area contributed by atoms with Crippen molar-refractivity contribution in [3.8, 4) is 10.6 Å². The minimum atomic E-state index is -0.0707. The highest BCUT2D eigenvalue weighted by molar-refractivity contribution is 7.98. The molecule has 116 valence electrons. The summed E-state index contributed by atoms with van der Waals surface area (Å²) in [7, 11) is 0. The monoisotopic (exact) mass is 340 g/mol. The number of carbonyl (C=O) groups excluding carboxylic acids is 1. The van der Waals surface area contributed by atoms with Crippen molar-refractivity contribution in [2.24, 2.45) is 0 Å². The standard InChI is InChI=1S/C18H16N2OS2/c1-22-15-8-6-13(7-9-15)18(21)20-12-14-4-2-10-19-17(14)16-5-3-11-23-16/h2-11H,12H2,1H3,(H,20,21). The second-order valence-corrected chi connectivity index (χ2v) is 6.73. The summed E-state index contributed by atoms with van der Waals surface area (Å²) in [4.78, 5) is 19.0. The van der Waals surface area contributed by atoms with E-state index >= 15 is 0 Å². The lowest BCUT2D eigenvalue weighted by atomic mass is 10.1. The zero-order valence-corrected chi connectivity index (χ0v) is 14.3. The number of aromatic nitrogens is 1. The molecule has 3 nitrogen and oxygen atoms in total. The highest BCUT2D eigenvalue weighted by atomic mass is 32.2. The van der Waals surface area contributed by atoms with Gasteiger partial charge in [0.1, 0.15) is 0 Å². The third-order valence-electron chi connectivity index (χ3n) is 3.44. The molecule has 0 radical (unpaired) electrons. The number of carbonyl (C=O) groups is 1. The second kappa shape index (κ2) is 7.44. The van der Waals surface area contributed by atoms with Crippen molar-refractivity contribution < 1.29 is 4.79 Å². The number of hydrogen-bond donors (Lipinski definition) is 1. The number of thiophene rings is 1. The van der Waals surface area contributed by atoms with Crippen LogP contribution in [0.4, 0.5) is 0 Å². The number of thioether (sulfide) groups is 1. The van der Waals surface area contributed by atoms with Crippen LogP contribution in [0, 0.1) is 0 Å². The van der Waals surface area contributed by atoms with Gasteiger partial charge < -0.3 is 5.32 Å². The number of hydrogen-bond acceptors (Lipinski definition) is 4. The predicted molar refractivity (Wildman–Crippen MR) is 96.9 cm³/mol.